The van der Waals surface area contributed by atoms with Gasteiger partial charge in [0.1, 0.15) is 5.75 Å². The predicted octanol–water partition coefficient (Wildman–Crippen LogP) is 3.45. The summed E-state index contributed by atoms with van der Waals surface area (Å²) in [4.78, 5) is 12.1. The van der Waals surface area contributed by atoms with Gasteiger partial charge in [0.05, 0.1) is 36.4 Å². The molecular formula is C16H12ClNO4. The number of halogens is 1. The highest BCUT2D eigenvalue weighted by Crippen LogP contribution is 2.36. The second-order valence-electron chi connectivity index (χ2n) is 4.22. The van der Waals surface area contributed by atoms with Gasteiger partial charge in [0.2, 0.25) is 0 Å². The molecule has 0 atom stereocenters. The van der Waals surface area contributed by atoms with Crippen LogP contribution in [0.5, 0.6) is 17.2 Å². The lowest BCUT2D eigenvalue weighted by Crippen LogP contribution is -2.09. The molecule has 0 fully saturated rings. The average Bonchev–Trinajstić information content (AvgIpc) is 2.54. The predicted molar refractivity (Wildman–Crippen MR) is 80.7 cm³/mol. The largest absolute Gasteiger partial charge is 0.493 e. The highest BCUT2D eigenvalue weighted by Gasteiger charge is 2.16. The smallest absolute Gasteiger partial charge is 0.343 e. The Kier molecular flexibility index (Phi) is 4.87. The lowest BCUT2D eigenvalue weighted by atomic mass is 10.2. The van der Waals surface area contributed by atoms with Crippen LogP contribution in [0.15, 0.2) is 36.4 Å². The number of benzene rings is 2. The van der Waals surface area contributed by atoms with Crippen molar-refractivity contribution in [1.82, 2.24) is 0 Å². The van der Waals surface area contributed by atoms with Crippen LogP contribution in [-0.2, 0) is 0 Å². The molecule has 2 aromatic rings. The molecule has 0 unspecified atom stereocenters. The van der Waals surface area contributed by atoms with Crippen LogP contribution in [0.2, 0.25) is 5.02 Å². The molecule has 0 amide bonds. The van der Waals surface area contributed by atoms with Gasteiger partial charge in [-0.1, -0.05) is 11.6 Å². The number of ether oxygens (including phenoxy) is 3. The van der Waals surface area contributed by atoms with Crippen LogP contribution in [0.25, 0.3) is 0 Å². The summed E-state index contributed by atoms with van der Waals surface area (Å²) < 4.78 is 15.5. The van der Waals surface area contributed by atoms with Crippen LogP contribution in [0.3, 0.4) is 0 Å². The van der Waals surface area contributed by atoms with E-state index in [1.807, 2.05) is 6.07 Å². The quantitative estimate of drug-likeness (QED) is 0.638. The number of nitrogens with zero attached hydrogens (tertiary/aromatic N) is 1. The maximum atomic E-state index is 12.1. The summed E-state index contributed by atoms with van der Waals surface area (Å²) in [6, 6.07) is 11.1. The molecule has 0 saturated heterocycles. The molecule has 5 nitrogen and oxygen atoms in total. The number of carbonyl (C=O) groups excluding carboxylic acids is 1. The third kappa shape index (κ3) is 3.30. The van der Waals surface area contributed by atoms with Crippen molar-refractivity contribution in [1.29, 1.82) is 5.26 Å². The van der Waals surface area contributed by atoms with Crippen LogP contribution >= 0.6 is 11.6 Å². The number of hydrogen-bond acceptors (Lipinski definition) is 5. The topological polar surface area (TPSA) is 68.5 Å². The minimum Gasteiger partial charge on any atom is -0.493 e. The van der Waals surface area contributed by atoms with Gasteiger partial charge in [0, 0.05) is 0 Å². The first-order valence-corrected chi connectivity index (χ1v) is 6.60. The van der Waals surface area contributed by atoms with Crippen molar-refractivity contribution in [2.45, 2.75) is 0 Å². The minimum atomic E-state index is -0.590. The van der Waals surface area contributed by atoms with Gasteiger partial charge in [0.25, 0.3) is 0 Å². The molecule has 112 valence electrons. The molecule has 0 bridgehead atoms. The molecule has 0 radical (unpaired) electrons. The van der Waals surface area contributed by atoms with E-state index in [1.165, 1.54) is 26.4 Å². The van der Waals surface area contributed by atoms with Gasteiger partial charge in [-0.2, -0.15) is 5.26 Å². The van der Waals surface area contributed by atoms with E-state index in [1.54, 1.807) is 24.3 Å². The van der Waals surface area contributed by atoms with Crippen molar-refractivity contribution in [3.63, 3.8) is 0 Å². The molecule has 22 heavy (non-hydrogen) atoms. The summed E-state index contributed by atoms with van der Waals surface area (Å²) in [5.74, 6) is 0.420. The van der Waals surface area contributed by atoms with Crippen molar-refractivity contribution in [3.05, 3.63) is 52.5 Å². The zero-order valence-corrected chi connectivity index (χ0v) is 12.7. The van der Waals surface area contributed by atoms with Crippen LogP contribution in [0, 0.1) is 11.3 Å². The van der Waals surface area contributed by atoms with E-state index in [4.69, 9.17) is 31.1 Å². The molecule has 0 aliphatic heterocycles. The van der Waals surface area contributed by atoms with E-state index in [0.29, 0.717) is 22.8 Å². The molecule has 0 N–H and O–H groups in total. The minimum absolute atomic E-state index is 0.229. The van der Waals surface area contributed by atoms with Crippen molar-refractivity contribution in [3.8, 4) is 23.3 Å². The van der Waals surface area contributed by atoms with Gasteiger partial charge in [-0.05, 0) is 36.4 Å². The summed E-state index contributed by atoms with van der Waals surface area (Å²) in [5.41, 5.74) is 0.709. The lowest BCUT2D eigenvalue weighted by molar-refractivity contribution is 0.0734. The average molecular weight is 318 g/mol. The second kappa shape index (κ2) is 6.83. The first kappa shape index (κ1) is 15.7. The van der Waals surface area contributed by atoms with E-state index >= 15 is 0 Å². The van der Waals surface area contributed by atoms with Crippen LogP contribution < -0.4 is 14.2 Å². The molecule has 6 heteroatoms. The van der Waals surface area contributed by atoms with Crippen molar-refractivity contribution in [2.75, 3.05) is 14.2 Å². The summed E-state index contributed by atoms with van der Waals surface area (Å²) in [5, 5.41) is 8.97. The molecule has 2 aromatic carbocycles. The third-order valence-corrected chi connectivity index (χ3v) is 3.14. The Morgan fingerprint density at radius 2 is 1.82 bits per heavy atom. The third-order valence-electron chi connectivity index (χ3n) is 2.86. The molecule has 0 spiro atoms. The van der Waals surface area contributed by atoms with Gasteiger partial charge in [0.15, 0.2) is 11.5 Å². The molecule has 0 aromatic heterocycles. The zero-order chi connectivity index (χ0) is 16.1. The van der Waals surface area contributed by atoms with Crippen LogP contribution in [0.4, 0.5) is 0 Å². The van der Waals surface area contributed by atoms with Crippen molar-refractivity contribution in [2.24, 2.45) is 0 Å². The Hall–Kier alpha value is -2.71. The lowest BCUT2D eigenvalue weighted by Gasteiger charge is -2.11. The Balaban J connectivity index is 2.25. The highest BCUT2D eigenvalue weighted by molar-refractivity contribution is 6.32. The van der Waals surface area contributed by atoms with E-state index < -0.39 is 5.97 Å². The summed E-state index contributed by atoms with van der Waals surface area (Å²) in [6.45, 7) is 0. The summed E-state index contributed by atoms with van der Waals surface area (Å²) >= 11 is 6.05. The molecule has 0 aliphatic rings. The number of rotatable bonds is 4. The van der Waals surface area contributed by atoms with Crippen molar-refractivity contribution < 1.29 is 19.0 Å². The maximum absolute atomic E-state index is 12.1. The Labute approximate surface area is 132 Å². The standard InChI is InChI=1S/C16H12ClNO4/c1-20-14-8-11(7-13(17)15(14)21-2)16(19)22-12-5-3-10(9-18)4-6-12/h3-8H,1-2H3. The molecule has 2 rings (SSSR count). The van der Waals surface area contributed by atoms with Crippen LogP contribution in [0.1, 0.15) is 15.9 Å². The first-order chi connectivity index (χ1) is 10.6. The fraction of sp³-hybridized carbons (Fsp3) is 0.125. The van der Waals surface area contributed by atoms with Crippen molar-refractivity contribution >= 4 is 17.6 Å². The fourth-order valence-corrected chi connectivity index (χ4v) is 2.09. The number of nitriles is 1. The monoisotopic (exact) mass is 317 g/mol. The summed E-state index contributed by atoms with van der Waals surface area (Å²) in [7, 11) is 2.91. The Morgan fingerprint density at radius 3 is 2.36 bits per heavy atom. The molecular weight excluding hydrogens is 306 g/mol. The number of methoxy groups -OCH3 is 2. The van der Waals surface area contributed by atoms with Crippen LogP contribution in [-0.4, -0.2) is 20.2 Å². The second-order valence-corrected chi connectivity index (χ2v) is 4.63. The van der Waals surface area contributed by atoms with E-state index in [-0.39, 0.29) is 10.6 Å². The Morgan fingerprint density at radius 1 is 1.14 bits per heavy atom. The summed E-state index contributed by atoms with van der Waals surface area (Å²) in [6.07, 6.45) is 0. The van der Waals surface area contributed by atoms with Gasteiger partial charge in [-0.15, -0.1) is 0 Å². The zero-order valence-electron chi connectivity index (χ0n) is 11.9. The first-order valence-electron chi connectivity index (χ1n) is 6.23. The van der Waals surface area contributed by atoms with E-state index in [2.05, 4.69) is 0 Å². The van der Waals surface area contributed by atoms with Gasteiger partial charge >= 0.3 is 5.97 Å². The van der Waals surface area contributed by atoms with Gasteiger partial charge in [-0.25, -0.2) is 4.79 Å². The SMILES string of the molecule is COc1cc(C(=O)Oc2ccc(C#N)cc2)cc(Cl)c1OC. The maximum Gasteiger partial charge on any atom is 0.343 e. The van der Waals surface area contributed by atoms with Gasteiger partial charge in [-0.3, -0.25) is 0 Å². The number of esters is 1. The van der Waals surface area contributed by atoms with E-state index in [0.717, 1.165) is 0 Å². The normalized spacial score (nSPS) is 9.73. The van der Waals surface area contributed by atoms with Gasteiger partial charge < -0.3 is 14.2 Å². The molecule has 0 heterocycles. The Bertz CT molecular complexity index is 735. The number of hydrogen-bond donors (Lipinski definition) is 0. The fourth-order valence-electron chi connectivity index (χ4n) is 1.80. The van der Waals surface area contributed by atoms with E-state index in [9.17, 15) is 4.79 Å². The highest BCUT2D eigenvalue weighted by atomic mass is 35.5. The molecule has 0 aliphatic carbocycles. The number of carbonyl (C=O) groups is 1. The molecule has 0 saturated carbocycles.